The van der Waals surface area contributed by atoms with Crippen molar-refractivity contribution >= 4 is 22.4 Å². The molecule has 0 aliphatic heterocycles. The molecule has 0 spiro atoms. The minimum atomic E-state index is -0.524. The van der Waals surface area contributed by atoms with E-state index in [1.54, 1.807) is 0 Å². The Hall–Kier alpha value is -1.17. The number of nitrogens with two attached hydrogens (primary N) is 1. The average molecular weight is 199 g/mol. The lowest BCUT2D eigenvalue weighted by molar-refractivity contribution is -0.143. The van der Waals surface area contributed by atoms with Gasteiger partial charge >= 0.3 is 5.97 Å². The largest absolute Gasteiger partial charge is 0.468 e. The van der Waals surface area contributed by atoms with Crippen molar-refractivity contribution < 1.29 is 9.53 Å². The number of esters is 1. The minimum Gasteiger partial charge on any atom is -0.468 e. The van der Waals surface area contributed by atoms with Gasteiger partial charge in [-0.3, -0.25) is 4.79 Å². The Kier molecular flexibility index (Phi) is 1.73. The number of nitrogen functional groups attached to an aromatic ring is 1. The number of carbonyl (C=O) groups excluding carboxylic acids is 1. The monoisotopic (exact) mass is 199 g/mol. The van der Waals surface area contributed by atoms with Crippen LogP contribution < -0.4 is 5.73 Å². The molecule has 1 saturated carbocycles. The van der Waals surface area contributed by atoms with E-state index in [1.165, 1.54) is 18.4 Å². The molecule has 1 aromatic rings. The van der Waals surface area contributed by atoms with Crippen molar-refractivity contribution in [2.24, 2.45) is 0 Å². The molecule has 0 bridgehead atoms. The van der Waals surface area contributed by atoms with Crippen LogP contribution in [0.3, 0.4) is 0 Å². The number of aromatic nitrogens is 2. The Bertz CT molecular complexity index is 345. The number of carbonyl (C=O) groups is 1. The van der Waals surface area contributed by atoms with Crippen molar-refractivity contribution in [2.75, 3.05) is 12.8 Å². The van der Waals surface area contributed by atoms with Crippen LogP contribution in [0.1, 0.15) is 17.8 Å². The molecule has 70 valence electrons. The number of anilines is 1. The maximum atomic E-state index is 11.4. The zero-order valence-corrected chi connectivity index (χ0v) is 7.93. The first kappa shape index (κ1) is 8.43. The van der Waals surface area contributed by atoms with Gasteiger partial charge in [-0.1, -0.05) is 11.3 Å². The summed E-state index contributed by atoms with van der Waals surface area (Å²) in [5.74, 6) is -0.233. The number of hydrogen-bond donors (Lipinski definition) is 1. The fourth-order valence-electron chi connectivity index (χ4n) is 1.25. The van der Waals surface area contributed by atoms with Crippen LogP contribution in [0.5, 0.6) is 0 Å². The minimum absolute atomic E-state index is 0.233. The predicted molar refractivity (Wildman–Crippen MR) is 47.2 cm³/mol. The maximum absolute atomic E-state index is 11.4. The summed E-state index contributed by atoms with van der Waals surface area (Å²) >= 11 is 1.26. The van der Waals surface area contributed by atoms with Crippen molar-refractivity contribution in [1.82, 2.24) is 10.2 Å². The SMILES string of the molecule is COC(=O)C1(c2nnc(N)s2)CC1. The van der Waals surface area contributed by atoms with Gasteiger partial charge < -0.3 is 10.5 Å². The highest BCUT2D eigenvalue weighted by atomic mass is 32.1. The first-order valence-electron chi connectivity index (χ1n) is 3.87. The third-order valence-electron chi connectivity index (χ3n) is 2.18. The van der Waals surface area contributed by atoms with Gasteiger partial charge in [0.1, 0.15) is 10.4 Å². The number of methoxy groups -OCH3 is 1. The summed E-state index contributed by atoms with van der Waals surface area (Å²) < 4.78 is 4.70. The molecule has 1 heterocycles. The van der Waals surface area contributed by atoms with Crippen LogP contribution in [-0.2, 0) is 14.9 Å². The third kappa shape index (κ3) is 1.17. The lowest BCUT2D eigenvalue weighted by Crippen LogP contribution is -2.21. The number of ether oxygens (including phenoxy) is 1. The van der Waals surface area contributed by atoms with Crippen molar-refractivity contribution in [3.8, 4) is 0 Å². The third-order valence-corrected chi connectivity index (χ3v) is 3.13. The number of hydrogen-bond acceptors (Lipinski definition) is 6. The molecule has 0 atom stereocenters. The average Bonchev–Trinajstić information content (AvgIpc) is 2.83. The number of rotatable bonds is 2. The highest BCUT2D eigenvalue weighted by Crippen LogP contribution is 2.50. The van der Waals surface area contributed by atoms with E-state index in [0.717, 1.165) is 12.8 Å². The first-order chi connectivity index (χ1) is 6.19. The van der Waals surface area contributed by atoms with Crippen LogP contribution in [0.4, 0.5) is 5.13 Å². The van der Waals surface area contributed by atoms with E-state index in [4.69, 9.17) is 10.5 Å². The Morgan fingerprint density at radius 1 is 1.62 bits per heavy atom. The molecule has 1 aliphatic rings. The Morgan fingerprint density at radius 3 is 2.69 bits per heavy atom. The van der Waals surface area contributed by atoms with Gasteiger partial charge in [-0.05, 0) is 12.8 Å². The molecule has 2 N–H and O–H groups in total. The Balaban J connectivity index is 2.30. The van der Waals surface area contributed by atoms with Crippen LogP contribution in [-0.4, -0.2) is 23.3 Å². The molecule has 0 aromatic carbocycles. The number of nitrogens with zero attached hydrogens (tertiary/aromatic N) is 2. The first-order valence-corrected chi connectivity index (χ1v) is 4.68. The van der Waals surface area contributed by atoms with Gasteiger partial charge in [0.2, 0.25) is 5.13 Å². The molecule has 6 heteroatoms. The second-order valence-corrected chi connectivity index (χ2v) is 4.03. The highest BCUT2D eigenvalue weighted by Gasteiger charge is 2.55. The fraction of sp³-hybridized carbons (Fsp3) is 0.571. The van der Waals surface area contributed by atoms with Crippen LogP contribution in [0, 0.1) is 0 Å². The van der Waals surface area contributed by atoms with Crippen molar-refractivity contribution in [3.05, 3.63) is 5.01 Å². The quantitative estimate of drug-likeness (QED) is 0.694. The molecule has 0 radical (unpaired) electrons. The summed E-state index contributed by atoms with van der Waals surface area (Å²) in [6.45, 7) is 0. The summed E-state index contributed by atoms with van der Waals surface area (Å²) in [5, 5.41) is 8.61. The van der Waals surface area contributed by atoms with Gasteiger partial charge in [-0.2, -0.15) is 0 Å². The van der Waals surface area contributed by atoms with Crippen molar-refractivity contribution in [3.63, 3.8) is 0 Å². The molecule has 2 rings (SSSR count). The Labute approximate surface area is 78.9 Å². The van der Waals surface area contributed by atoms with Crippen molar-refractivity contribution in [2.45, 2.75) is 18.3 Å². The summed E-state index contributed by atoms with van der Waals surface area (Å²) in [6.07, 6.45) is 1.57. The van der Waals surface area contributed by atoms with Gasteiger partial charge in [0.05, 0.1) is 7.11 Å². The smallest absolute Gasteiger partial charge is 0.318 e. The van der Waals surface area contributed by atoms with Crippen LogP contribution >= 0.6 is 11.3 Å². The summed E-state index contributed by atoms with van der Waals surface area (Å²) in [6, 6.07) is 0. The van der Waals surface area contributed by atoms with Crippen molar-refractivity contribution in [1.29, 1.82) is 0 Å². The molecular weight excluding hydrogens is 190 g/mol. The molecule has 0 saturated heterocycles. The highest BCUT2D eigenvalue weighted by molar-refractivity contribution is 7.15. The van der Waals surface area contributed by atoms with E-state index in [-0.39, 0.29) is 5.97 Å². The van der Waals surface area contributed by atoms with Gasteiger partial charge in [-0.25, -0.2) is 0 Å². The zero-order valence-electron chi connectivity index (χ0n) is 7.11. The summed E-state index contributed by atoms with van der Waals surface area (Å²) in [5.41, 5.74) is 4.91. The van der Waals surface area contributed by atoms with Crippen LogP contribution in [0.15, 0.2) is 0 Å². The predicted octanol–water partition coefficient (Wildman–Crippen LogP) is 0.325. The topological polar surface area (TPSA) is 78.1 Å². The fourth-order valence-corrected chi connectivity index (χ4v) is 2.10. The summed E-state index contributed by atoms with van der Waals surface area (Å²) in [7, 11) is 1.38. The van der Waals surface area contributed by atoms with E-state index in [0.29, 0.717) is 10.1 Å². The standard InChI is InChI=1S/C7H9N3O2S/c1-12-5(11)7(2-3-7)4-9-10-6(8)13-4/h2-3H2,1H3,(H2,8,10). The second kappa shape index (κ2) is 2.66. The van der Waals surface area contributed by atoms with Gasteiger partial charge in [0.15, 0.2) is 0 Å². The zero-order chi connectivity index (χ0) is 9.47. The van der Waals surface area contributed by atoms with Crippen LogP contribution in [0.2, 0.25) is 0 Å². The molecule has 1 aliphatic carbocycles. The molecule has 0 unspecified atom stereocenters. The van der Waals surface area contributed by atoms with Gasteiger partial charge in [0, 0.05) is 0 Å². The summed E-state index contributed by atoms with van der Waals surface area (Å²) in [4.78, 5) is 11.4. The molecule has 13 heavy (non-hydrogen) atoms. The molecule has 1 fully saturated rings. The van der Waals surface area contributed by atoms with Gasteiger partial charge in [0.25, 0.3) is 0 Å². The molecule has 5 nitrogen and oxygen atoms in total. The lowest BCUT2D eigenvalue weighted by atomic mass is 10.1. The van der Waals surface area contributed by atoms with E-state index in [1.807, 2.05) is 0 Å². The lowest BCUT2D eigenvalue weighted by Gasteiger charge is -2.06. The normalized spacial score (nSPS) is 18.2. The van der Waals surface area contributed by atoms with E-state index in [9.17, 15) is 4.79 Å². The molecule has 0 amide bonds. The van der Waals surface area contributed by atoms with E-state index < -0.39 is 5.41 Å². The van der Waals surface area contributed by atoms with E-state index in [2.05, 4.69) is 10.2 Å². The molecular formula is C7H9N3O2S. The van der Waals surface area contributed by atoms with E-state index >= 15 is 0 Å². The molecule has 1 aromatic heterocycles. The Morgan fingerprint density at radius 2 is 2.31 bits per heavy atom. The second-order valence-electron chi connectivity index (χ2n) is 3.02. The van der Waals surface area contributed by atoms with Crippen LogP contribution in [0.25, 0.3) is 0 Å². The maximum Gasteiger partial charge on any atom is 0.318 e. The van der Waals surface area contributed by atoms with Gasteiger partial charge in [-0.15, -0.1) is 10.2 Å².